The van der Waals surface area contributed by atoms with Crippen LogP contribution in [0.5, 0.6) is 11.5 Å². The van der Waals surface area contributed by atoms with Crippen molar-refractivity contribution in [3.63, 3.8) is 0 Å². The minimum atomic E-state index is 0.218. The predicted octanol–water partition coefficient (Wildman–Crippen LogP) is 2.23. The molecule has 1 aliphatic heterocycles. The molecule has 2 aromatic rings. The Balaban J connectivity index is 1.89. The number of aromatic nitrogens is 2. The van der Waals surface area contributed by atoms with Crippen molar-refractivity contribution in [2.75, 3.05) is 24.3 Å². The Kier molecular flexibility index (Phi) is 3.00. The first kappa shape index (κ1) is 11.9. The zero-order valence-corrected chi connectivity index (χ0v) is 10.6. The van der Waals surface area contributed by atoms with E-state index in [1.165, 1.54) is 6.33 Å². The van der Waals surface area contributed by atoms with Crippen molar-refractivity contribution in [2.24, 2.45) is 0 Å². The molecule has 0 spiro atoms. The van der Waals surface area contributed by atoms with E-state index in [-0.39, 0.29) is 5.15 Å². The molecule has 1 aromatic heterocycles. The van der Waals surface area contributed by atoms with E-state index < -0.39 is 0 Å². The van der Waals surface area contributed by atoms with E-state index in [1.54, 1.807) is 0 Å². The summed E-state index contributed by atoms with van der Waals surface area (Å²) >= 11 is 5.83. The minimum Gasteiger partial charge on any atom is -0.486 e. The van der Waals surface area contributed by atoms with Gasteiger partial charge in [0.1, 0.15) is 25.2 Å². The largest absolute Gasteiger partial charge is 0.486 e. The molecule has 19 heavy (non-hydrogen) atoms. The molecule has 0 saturated carbocycles. The highest BCUT2D eigenvalue weighted by Crippen LogP contribution is 2.34. The second kappa shape index (κ2) is 4.81. The number of nitrogens with zero attached hydrogens (tertiary/aromatic N) is 2. The van der Waals surface area contributed by atoms with Crippen LogP contribution in [0.15, 0.2) is 24.5 Å². The summed E-state index contributed by atoms with van der Waals surface area (Å²) in [5.74, 6) is 1.87. The second-order valence-electron chi connectivity index (χ2n) is 3.91. The Morgan fingerprint density at radius 2 is 1.95 bits per heavy atom. The average molecular weight is 279 g/mol. The van der Waals surface area contributed by atoms with Crippen molar-refractivity contribution in [3.05, 3.63) is 29.7 Å². The molecule has 7 heteroatoms. The fourth-order valence-corrected chi connectivity index (χ4v) is 1.86. The lowest BCUT2D eigenvalue weighted by atomic mass is 10.2. The van der Waals surface area contributed by atoms with Crippen LogP contribution < -0.4 is 20.5 Å². The lowest BCUT2D eigenvalue weighted by Gasteiger charge is -2.19. The van der Waals surface area contributed by atoms with Crippen LogP contribution in [0, 0.1) is 0 Å². The molecule has 1 aromatic carbocycles. The smallest absolute Gasteiger partial charge is 0.163 e. The molecule has 0 amide bonds. The number of halogens is 1. The summed E-state index contributed by atoms with van der Waals surface area (Å²) in [7, 11) is 0. The first-order valence-corrected chi connectivity index (χ1v) is 6.04. The number of nitrogens with two attached hydrogens (primary N) is 1. The van der Waals surface area contributed by atoms with Gasteiger partial charge in [0.15, 0.2) is 22.5 Å². The molecular weight excluding hydrogens is 268 g/mol. The summed E-state index contributed by atoms with van der Waals surface area (Å²) in [6.45, 7) is 1.10. The number of rotatable bonds is 2. The summed E-state index contributed by atoms with van der Waals surface area (Å²) in [5, 5.41) is 3.28. The minimum absolute atomic E-state index is 0.218. The van der Waals surface area contributed by atoms with Gasteiger partial charge in [-0.25, -0.2) is 9.97 Å². The van der Waals surface area contributed by atoms with Crippen molar-refractivity contribution < 1.29 is 9.47 Å². The fraction of sp³-hybridized carbons (Fsp3) is 0.167. The zero-order valence-electron chi connectivity index (χ0n) is 9.89. The number of fused-ring (bicyclic) bond motifs is 1. The molecule has 0 fully saturated rings. The fourth-order valence-electron chi connectivity index (χ4n) is 1.73. The first-order valence-electron chi connectivity index (χ1n) is 5.66. The number of benzene rings is 1. The van der Waals surface area contributed by atoms with Crippen LogP contribution in [0.4, 0.5) is 17.2 Å². The Hall–Kier alpha value is -2.21. The third-order valence-electron chi connectivity index (χ3n) is 2.64. The van der Waals surface area contributed by atoms with Gasteiger partial charge in [-0.2, -0.15) is 0 Å². The standard InChI is InChI=1S/C12H11ClN4O2/c13-11-10(14)12(16-6-15-11)17-7-1-2-8-9(5-7)19-4-3-18-8/h1-2,5-6H,3-4,14H2,(H,15,16,17). The van der Waals surface area contributed by atoms with Crippen LogP contribution in [-0.4, -0.2) is 23.2 Å². The Morgan fingerprint density at radius 3 is 2.79 bits per heavy atom. The molecule has 0 bridgehead atoms. The van der Waals surface area contributed by atoms with Gasteiger partial charge in [-0.05, 0) is 12.1 Å². The number of anilines is 3. The summed E-state index contributed by atoms with van der Waals surface area (Å²) in [4.78, 5) is 7.84. The van der Waals surface area contributed by atoms with Gasteiger partial charge in [0.2, 0.25) is 0 Å². The van der Waals surface area contributed by atoms with Crippen LogP contribution in [0.25, 0.3) is 0 Å². The molecule has 98 valence electrons. The number of hydrogen-bond acceptors (Lipinski definition) is 6. The number of nitrogen functional groups attached to an aromatic ring is 1. The molecule has 3 N–H and O–H groups in total. The first-order chi connectivity index (χ1) is 9.24. The van der Waals surface area contributed by atoms with Crippen LogP contribution in [0.2, 0.25) is 5.15 Å². The van der Waals surface area contributed by atoms with Gasteiger partial charge in [-0.3, -0.25) is 0 Å². The van der Waals surface area contributed by atoms with Gasteiger partial charge in [0.05, 0.1) is 0 Å². The monoisotopic (exact) mass is 278 g/mol. The molecule has 2 heterocycles. The quantitative estimate of drug-likeness (QED) is 0.820. The molecule has 0 aliphatic carbocycles. The van der Waals surface area contributed by atoms with E-state index in [1.807, 2.05) is 18.2 Å². The average Bonchev–Trinajstić information content (AvgIpc) is 2.44. The van der Waals surface area contributed by atoms with Gasteiger partial charge in [0.25, 0.3) is 0 Å². The summed E-state index contributed by atoms with van der Waals surface area (Å²) < 4.78 is 10.9. The summed E-state index contributed by atoms with van der Waals surface area (Å²) in [6, 6.07) is 5.50. The van der Waals surface area contributed by atoms with Gasteiger partial charge < -0.3 is 20.5 Å². The van der Waals surface area contributed by atoms with Gasteiger partial charge in [0, 0.05) is 11.8 Å². The predicted molar refractivity (Wildman–Crippen MR) is 72.2 cm³/mol. The highest BCUT2D eigenvalue weighted by atomic mass is 35.5. The van der Waals surface area contributed by atoms with E-state index in [0.29, 0.717) is 30.5 Å². The normalized spacial score (nSPS) is 13.1. The van der Waals surface area contributed by atoms with E-state index in [0.717, 1.165) is 11.4 Å². The topological polar surface area (TPSA) is 82.3 Å². The van der Waals surface area contributed by atoms with E-state index >= 15 is 0 Å². The Labute approximate surface area is 114 Å². The van der Waals surface area contributed by atoms with Crippen LogP contribution in [0.1, 0.15) is 0 Å². The van der Waals surface area contributed by atoms with Gasteiger partial charge in [-0.1, -0.05) is 11.6 Å². The SMILES string of the molecule is Nc1c(Cl)ncnc1Nc1ccc2c(c1)OCCO2. The third-order valence-corrected chi connectivity index (χ3v) is 2.94. The maximum atomic E-state index is 5.83. The van der Waals surface area contributed by atoms with Crippen molar-refractivity contribution in [3.8, 4) is 11.5 Å². The molecule has 0 radical (unpaired) electrons. The van der Waals surface area contributed by atoms with Crippen molar-refractivity contribution in [1.29, 1.82) is 0 Å². The third kappa shape index (κ3) is 2.34. The second-order valence-corrected chi connectivity index (χ2v) is 4.27. The number of ether oxygens (including phenoxy) is 2. The lowest BCUT2D eigenvalue weighted by molar-refractivity contribution is 0.171. The zero-order chi connectivity index (χ0) is 13.2. The van der Waals surface area contributed by atoms with E-state index in [9.17, 15) is 0 Å². The number of hydrogen-bond donors (Lipinski definition) is 2. The number of nitrogens with one attached hydrogen (secondary N) is 1. The van der Waals surface area contributed by atoms with Crippen molar-refractivity contribution in [1.82, 2.24) is 9.97 Å². The molecule has 6 nitrogen and oxygen atoms in total. The van der Waals surface area contributed by atoms with E-state index in [4.69, 9.17) is 26.8 Å². The van der Waals surface area contributed by atoms with Crippen molar-refractivity contribution >= 4 is 28.8 Å². The van der Waals surface area contributed by atoms with Gasteiger partial charge >= 0.3 is 0 Å². The maximum absolute atomic E-state index is 5.83. The molecule has 1 aliphatic rings. The highest BCUT2D eigenvalue weighted by Gasteiger charge is 2.13. The van der Waals surface area contributed by atoms with Crippen LogP contribution in [-0.2, 0) is 0 Å². The van der Waals surface area contributed by atoms with Crippen molar-refractivity contribution in [2.45, 2.75) is 0 Å². The highest BCUT2D eigenvalue weighted by molar-refractivity contribution is 6.32. The molecule has 3 rings (SSSR count). The van der Waals surface area contributed by atoms with Crippen LogP contribution >= 0.6 is 11.6 Å². The van der Waals surface area contributed by atoms with Gasteiger partial charge in [-0.15, -0.1) is 0 Å². The summed E-state index contributed by atoms with van der Waals surface area (Å²) in [5.41, 5.74) is 6.88. The molecule has 0 unspecified atom stereocenters. The Bertz CT molecular complexity index is 621. The maximum Gasteiger partial charge on any atom is 0.163 e. The molecule has 0 atom stereocenters. The molecular formula is C12H11ClN4O2. The molecule has 0 saturated heterocycles. The van der Waals surface area contributed by atoms with Crippen LogP contribution in [0.3, 0.4) is 0 Å². The summed E-state index contributed by atoms with van der Waals surface area (Å²) in [6.07, 6.45) is 1.35. The Morgan fingerprint density at radius 1 is 1.16 bits per heavy atom. The van der Waals surface area contributed by atoms with E-state index in [2.05, 4.69) is 15.3 Å². The lowest BCUT2D eigenvalue weighted by Crippen LogP contribution is -2.15.